The van der Waals surface area contributed by atoms with Gasteiger partial charge in [0.2, 0.25) is 0 Å². The van der Waals surface area contributed by atoms with Crippen LogP contribution < -0.4 is 4.90 Å². The Labute approximate surface area is 119 Å². The molecule has 1 aliphatic rings. The maximum Gasteiger partial charge on any atom is 0.324 e. The molecule has 1 aliphatic heterocycles. The van der Waals surface area contributed by atoms with Crippen molar-refractivity contribution in [3.8, 4) is 0 Å². The highest BCUT2D eigenvalue weighted by molar-refractivity contribution is 5.95. The molecule has 0 N–H and O–H groups in total. The van der Waals surface area contributed by atoms with Crippen LogP contribution in [0, 0.1) is 6.92 Å². The summed E-state index contributed by atoms with van der Waals surface area (Å²) >= 11 is 0. The van der Waals surface area contributed by atoms with E-state index < -0.39 is 0 Å². The van der Waals surface area contributed by atoms with Crippen molar-refractivity contribution in [3.63, 3.8) is 0 Å². The van der Waals surface area contributed by atoms with Gasteiger partial charge in [-0.15, -0.1) is 0 Å². The van der Waals surface area contributed by atoms with Gasteiger partial charge < -0.3 is 4.90 Å². The average Bonchev–Trinajstić information content (AvgIpc) is 2.76. The molecule has 0 aromatic heterocycles. The predicted molar refractivity (Wildman–Crippen MR) is 80.9 cm³/mol. The second kappa shape index (κ2) is 5.00. The molecule has 20 heavy (non-hydrogen) atoms. The summed E-state index contributed by atoms with van der Waals surface area (Å²) in [5.74, 6) is 0. The summed E-state index contributed by atoms with van der Waals surface area (Å²) in [4.78, 5) is 16.1. The fourth-order valence-electron chi connectivity index (χ4n) is 2.73. The van der Waals surface area contributed by atoms with Crippen molar-refractivity contribution in [2.24, 2.45) is 0 Å². The number of hydrogen-bond donors (Lipinski definition) is 0. The normalized spacial score (nSPS) is 18.7. The number of anilines is 1. The van der Waals surface area contributed by atoms with Gasteiger partial charge in [0.25, 0.3) is 0 Å². The molecule has 2 aromatic rings. The molecule has 0 radical (unpaired) electrons. The van der Waals surface area contributed by atoms with E-state index in [-0.39, 0.29) is 12.1 Å². The number of amides is 2. The van der Waals surface area contributed by atoms with Crippen molar-refractivity contribution < 1.29 is 4.79 Å². The van der Waals surface area contributed by atoms with Gasteiger partial charge in [-0.25, -0.2) is 4.79 Å². The Morgan fingerprint density at radius 1 is 1.05 bits per heavy atom. The lowest BCUT2D eigenvalue weighted by Crippen LogP contribution is -2.30. The highest BCUT2D eigenvalue weighted by atomic mass is 16.2. The third-order valence-corrected chi connectivity index (χ3v) is 3.76. The van der Waals surface area contributed by atoms with Crippen LogP contribution in [-0.4, -0.2) is 24.5 Å². The van der Waals surface area contributed by atoms with Gasteiger partial charge in [-0.05, 0) is 30.2 Å². The van der Waals surface area contributed by atoms with Gasteiger partial charge in [-0.2, -0.15) is 0 Å². The average molecular weight is 266 g/mol. The largest absolute Gasteiger partial charge is 0.325 e. The Morgan fingerprint density at radius 2 is 1.80 bits per heavy atom. The van der Waals surface area contributed by atoms with Crippen LogP contribution in [0.3, 0.4) is 0 Å². The van der Waals surface area contributed by atoms with Crippen molar-refractivity contribution in [3.05, 3.63) is 65.7 Å². The fourth-order valence-corrected chi connectivity index (χ4v) is 2.73. The summed E-state index contributed by atoms with van der Waals surface area (Å²) in [5, 5.41) is 0. The molecule has 0 aliphatic carbocycles. The van der Waals surface area contributed by atoms with E-state index >= 15 is 0 Å². The molecule has 0 spiro atoms. The first-order chi connectivity index (χ1) is 9.66. The maximum absolute atomic E-state index is 12.5. The maximum atomic E-state index is 12.5. The van der Waals surface area contributed by atoms with E-state index in [9.17, 15) is 4.79 Å². The first kappa shape index (κ1) is 12.7. The molecule has 1 atom stereocenters. The Hall–Kier alpha value is -2.29. The van der Waals surface area contributed by atoms with Crippen molar-refractivity contribution >= 4 is 11.7 Å². The minimum Gasteiger partial charge on any atom is -0.325 e. The number of nitrogens with zero attached hydrogens (tertiary/aromatic N) is 2. The summed E-state index contributed by atoms with van der Waals surface area (Å²) < 4.78 is 0. The van der Waals surface area contributed by atoms with E-state index in [1.807, 2.05) is 55.3 Å². The first-order valence-electron chi connectivity index (χ1n) is 6.83. The van der Waals surface area contributed by atoms with E-state index in [4.69, 9.17) is 0 Å². The number of likely N-dealkylation sites (N-methyl/N-ethyl adjacent to an activating group) is 1. The molecule has 3 rings (SSSR count). The molecular weight excluding hydrogens is 248 g/mol. The van der Waals surface area contributed by atoms with Gasteiger partial charge in [0, 0.05) is 19.3 Å². The number of aryl methyl sites for hydroxylation is 1. The summed E-state index contributed by atoms with van der Waals surface area (Å²) in [5.41, 5.74) is 3.30. The third-order valence-electron chi connectivity index (χ3n) is 3.76. The van der Waals surface area contributed by atoms with E-state index in [1.54, 1.807) is 4.90 Å². The van der Waals surface area contributed by atoms with Gasteiger partial charge >= 0.3 is 6.03 Å². The summed E-state index contributed by atoms with van der Waals surface area (Å²) in [6.45, 7) is 2.77. The molecule has 102 valence electrons. The van der Waals surface area contributed by atoms with Crippen molar-refractivity contribution in [2.75, 3.05) is 18.5 Å². The summed E-state index contributed by atoms with van der Waals surface area (Å²) in [7, 11) is 1.86. The lowest BCUT2D eigenvalue weighted by Gasteiger charge is -2.24. The number of rotatable bonds is 2. The first-order valence-corrected chi connectivity index (χ1v) is 6.83. The van der Waals surface area contributed by atoms with Crippen molar-refractivity contribution in [1.29, 1.82) is 0 Å². The highest BCUT2D eigenvalue weighted by Crippen LogP contribution is 2.33. The second-order valence-corrected chi connectivity index (χ2v) is 5.30. The molecule has 1 unspecified atom stereocenters. The van der Waals surface area contributed by atoms with Crippen LogP contribution in [0.5, 0.6) is 0 Å². The topological polar surface area (TPSA) is 23.6 Å². The number of hydrogen-bond acceptors (Lipinski definition) is 1. The zero-order chi connectivity index (χ0) is 14.1. The van der Waals surface area contributed by atoms with E-state index in [2.05, 4.69) is 18.2 Å². The van der Waals surface area contributed by atoms with Crippen LogP contribution in [0.15, 0.2) is 54.6 Å². The molecule has 2 aromatic carbocycles. The van der Waals surface area contributed by atoms with Gasteiger partial charge in [0.05, 0.1) is 6.04 Å². The lowest BCUT2D eigenvalue weighted by atomic mass is 10.1. The van der Waals surface area contributed by atoms with Gasteiger partial charge in [-0.1, -0.05) is 42.5 Å². The molecule has 0 bridgehead atoms. The van der Waals surface area contributed by atoms with Crippen LogP contribution in [0.2, 0.25) is 0 Å². The Morgan fingerprint density at radius 3 is 2.50 bits per heavy atom. The van der Waals surface area contributed by atoms with Gasteiger partial charge in [0.15, 0.2) is 0 Å². The highest BCUT2D eigenvalue weighted by Gasteiger charge is 2.36. The molecule has 3 nitrogen and oxygen atoms in total. The molecule has 2 amide bonds. The Bertz CT molecular complexity index is 624. The summed E-state index contributed by atoms with van der Waals surface area (Å²) in [6.07, 6.45) is 0. The zero-order valence-corrected chi connectivity index (χ0v) is 11.8. The third kappa shape index (κ3) is 2.16. The quantitative estimate of drug-likeness (QED) is 0.814. The van der Waals surface area contributed by atoms with Crippen molar-refractivity contribution in [2.45, 2.75) is 13.0 Å². The smallest absolute Gasteiger partial charge is 0.324 e. The zero-order valence-electron chi connectivity index (χ0n) is 11.8. The molecule has 1 fully saturated rings. The second-order valence-electron chi connectivity index (χ2n) is 5.30. The van der Waals surface area contributed by atoms with E-state index in [1.165, 1.54) is 5.56 Å². The number of carbonyl (C=O) groups is 1. The van der Waals surface area contributed by atoms with Crippen LogP contribution in [0.1, 0.15) is 17.2 Å². The van der Waals surface area contributed by atoms with Gasteiger partial charge in [-0.3, -0.25) is 4.90 Å². The Kier molecular flexibility index (Phi) is 3.18. The van der Waals surface area contributed by atoms with E-state index in [0.717, 1.165) is 17.8 Å². The minimum absolute atomic E-state index is 0.0597. The monoisotopic (exact) mass is 266 g/mol. The lowest BCUT2D eigenvalue weighted by molar-refractivity contribution is 0.229. The number of carbonyl (C=O) groups excluding carboxylic acids is 1. The number of urea groups is 1. The van der Waals surface area contributed by atoms with Crippen molar-refractivity contribution in [1.82, 2.24) is 4.90 Å². The molecule has 3 heteroatoms. The molecule has 0 saturated carbocycles. The van der Waals surface area contributed by atoms with Gasteiger partial charge in [0.1, 0.15) is 0 Å². The summed E-state index contributed by atoms with van der Waals surface area (Å²) in [6, 6.07) is 18.5. The molecular formula is C17H18N2O. The molecule has 1 saturated heterocycles. The SMILES string of the molecule is Cc1cccc(N2C(=O)N(C)CC2c2ccccc2)c1. The Balaban J connectivity index is 2.03. The minimum atomic E-state index is 0.0597. The predicted octanol–water partition coefficient (Wildman–Crippen LogP) is 3.61. The van der Waals surface area contributed by atoms with E-state index in [0.29, 0.717) is 0 Å². The molecule has 1 heterocycles. The van der Waals surface area contributed by atoms with Crippen LogP contribution in [-0.2, 0) is 0 Å². The standard InChI is InChI=1S/C17H18N2O/c1-13-7-6-10-15(11-13)19-16(12-18(2)17(19)20)14-8-4-3-5-9-14/h3-11,16H,12H2,1-2H3. The van der Waals surface area contributed by atoms with Crippen LogP contribution >= 0.6 is 0 Å². The van der Waals surface area contributed by atoms with Crippen LogP contribution in [0.4, 0.5) is 10.5 Å². The number of benzene rings is 2. The van der Waals surface area contributed by atoms with Crippen LogP contribution in [0.25, 0.3) is 0 Å². The fraction of sp³-hybridized carbons (Fsp3) is 0.235.